The molecule has 0 unspecified atom stereocenters. The lowest BCUT2D eigenvalue weighted by Gasteiger charge is -2.15. The highest BCUT2D eigenvalue weighted by Gasteiger charge is 2.19. The minimum atomic E-state index is 0.906. The van der Waals surface area contributed by atoms with E-state index in [1.807, 2.05) is 12.1 Å². The Morgan fingerprint density at radius 3 is 1.93 bits per heavy atom. The van der Waals surface area contributed by atoms with Crippen molar-refractivity contribution in [3.63, 3.8) is 0 Å². The van der Waals surface area contributed by atoms with Crippen LogP contribution in [0.2, 0.25) is 0 Å². The van der Waals surface area contributed by atoms with E-state index < -0.39 is 0 Å². The highest BCUT2D eigenvalue weighted by molar-refractivity contribution is 6.27. The monoisotopic (exact) mass is 576 g/mol. The summed E-state index contributed by atoms with van der Waals surface area (Å²) in [5.74, 6) is 0. The van der Waals surface area contributed by atoms with Crippen LogP contribution in [0.15, 0.2) is 168 Å². The predicted molar refractivity (Wildman–Crippen MR) is 189 cm³/mol. The van der Waals surface area contributed by atoms with Crippen molar-refractivity contribution in [1.82, 2.24) is 4.57 Å². The lowest BCUT2D eigenvalue weighted by atomic mass is 9.96. The number of rotatable bonds is 5. The highest BCUT2D eigenvalue weighted by Crippen LogP contribution is 2.43. The first-order valence-electron chi connectivity index (χ1n) is 15.3. The quantitative estimate of drug-likeness (QED) is 0.221. The molecule has 1 N–H and O–H groups in total. The number of fused-ring (bicyclic) bond motifs is 7. The summed E-state index contributed by atoms with van der Waals surface area (Å²) in [4.78, 5) is 0. The smallest absolute Gasteiger partial charge is 0.136 e. The van der Waals surface area contributed by atoms with Gasteiger partial charge in [0.2, 0.25) is 0 Å². The van der Waals surface area contributed by atoms with E-state index in [-0.39, 0.29) is 0 Å². The molecule has 7 aromatic carbocycles. The maximum atomic E-state index is 6.35. The van der Waals surface area contributed by atoms with Gasteiger partial charge in [-0.25, -0.2) is 0 Å². The van der Waals surface area contributed by atoms with Crippen molar-refractivity contribution in [2.45, 2.75) is 0 Å². The molecule has 2 heterocycles. The minimum Gasteiger partial charge on any atom is -0.456 e. The first kappa shape index (κ1) is 25.4. The van der Waals surface area contributed by atoms with Crippen LogP contribution in [-0.4, -0.2) is 4.57 Å². The number of anilines is 2. The molecule has 0 aliphatic heterocycles. The lowest BCUT2D eigenvalue weighted by Crippen LogP contribution is -1.94. The average molecular weight is 577 g/mol. The Morgan fingerprint density at radius 2 is 1.11 bits per heavy atom. The third kappa shape index (κ3) is 4.21. The Balaban J connectivity index is 1.30. The van der Waals surface area contributed by atoms with Crippen molar-refractivity contribution in [2.75, 3.05) is 5.32 Å². The van der Waals surface area contributed by atoms with Gasteiger partial charge in [0, 0.05) is 44.2 Å². The number of hydrogen-bond donors (Lipinski definition) is 1. The molecule has 0 fully saturated rings. The molecule has 0 radical (unpaired) electrons. The molecule has 0 aliphatic carbocycles. The fraction of sp³-hybridized carbons (Fsp3) is 0. The molecule has 0 bridgehead atoms. The third-order valence-electron chi connectivity index (χ3n) is 8.77. The molecule has 3 nitrogen and oxygen atoms in total. The van der Waals surface area contributed by atoms with Crippen molar-refractivity contribution < 1.29 is 4.42 Å². The number of furan rings is 1. The Hall–Kier alpha value is -6.06. The molecule has 0 spiro atoms. The van der Waals surface area contributed by atoms with Crippen molar-refractivity contribution in [2.24, 2.45) is 0 Å². The fourth-order valence-electron chi connectivity index (χ4n) is 6.73. The van der Waals surface area contributed by atoms with E-state index in [1.165, 1.54) is 38.5 Å². The summed E-state index contributed by atoms with van der Waals surface area (Å²) >= 11 is 0. The number of para-hydroxylation sites is 3. The second-order valence-corrected chi connectivity index (χ2v) is 11.5. The molecule has 0 saturated carbocycles. The third-order valence-corrected chi connectivity index (χ3v) is 8.77. The maximum Gasteiger partial charge on any atom is 0.136 e. The van der Waals surface area contributed by atoms with E-state index in [2.05, 4.69) is 162 Å². The zero-order valence-electron chi connectivity index (χ0n) is 24.4. The molecule has 212 valence electrons. The normalized spacial score (nSPS) is 11.6. The summed E-state index contributed by atoms with van der Waals surface area (Å²) in [7, 11) is 0. The van der Waals surface area contributed by atoms with Gasteiger partial charge in [-0.1, -0.05) is 97.1 Å². The van der Waals surface area contributed by atoms with Gasteiger partial charge in [0.1, 0.15) is 11.2 Å². The van der Waals surface area contributed by atoms with E-state index in [4.69, 9.17) is 4.42 Å². The standard InChI is InChI=1S/C42H28N2O/c1-4-12-28(13-5-1)34-26-29(20-22-36(34)43-31-14-6-2-7-15-31)30-21-23-37-35(27-30)41-38(44(37)32-16-8-3-9-17-32)24-25-40-42(41)33-18-10-11-19-39(33)45-40/h1-27,43H. The van der Waals surface area contributed by atoms with Gasteiger partial charge in [-0.2, -0.15) is 0 Å². The van der Waals surface area contributed by atoms with Crippen LogP contribution in [0.4, 0.5) is 11.4 Å². The van der Waals surface area contributed by atoms with Crippen molar-refractivity contribution in [1.29, 1.82) is 0 Å². The average Bonchev–Trinajstić information content (AvgIpc) is 3.65. The van der Waals surface area contributed by atoms with Crippen LogP contribution < -0.4 is 5.32 Å². The van der Waals surface area contributed by atoms with E-state index in [1.54, 1.807) is 0 Å². The molecular weight excluding hydrogens is 548 g/mol. The molecule has 0 aliphatic rings. The van der Waals surface area contributed by atoms with Crippen molar-refractivity contribution in [3.05, 3.63) is 164 Å². The van der Waals surface area contributed by atoms with Gasteiger partial charge >= 0.3 is 0 Å². The summed E-state index contributed by atoms with van der Waals surface area (Å²) in [6, 6.07) is 57.8. The number of aromatic nitrogens is 1. The van der Waals surface area contributed by atoms with Crippen LogP contribution >= 0.6 is 0 Å². The Labute approximate surface area is 260 Å². The van der Waals surface area contributed by atoms with Crippen LogP contribution in [0.3, 0.4) is 0 Å². The van der Waals surface area contributed by atoms with Gasteiger partial charge in [-0.15, -0.1) is 0 Å². The van der Waals surface area contributed by atoms with Gasteiger partial charge in [0.25, 0.3) is 0 Å². The number of nitrogens with one attached hydrogen (secondary N) is 1. The zero-order valence-corrected chi connectivity index (χ0v) is 24.4. The van der Waals surface area contributed by atoms with E-state index in [0.29, 0.717) is 0 Å². The van der Waals surface area contributed by atoms with Gasteiger partial charge in [0.05, 0.1) is 11.0 Å². The summed E-state index contributed by atoms with van der Waals surface area (Å²) in [5, 5.41) is 8.36. The van der Waals surface area contributed by atoms with Crippen molar-refractivity contribution in [3.8, 4) is 27.9 Å². The summed E-state index contributed by atoms with van der Waals surface area (Å²) in [6.07, 6.45) is 0. The summed E-state index contributed by atoms with van der Waals surface area (Å²) in [5.41, 5.74) is 12.1. The van der Waals surface area contributed by atoms with E-state index >= 15 is 0 Å². The van der Waals surface area contributed by atoms with Gasteiger partial charge < -0.3 is 14.3 Å². The maximum absolute atomic E-state index is 6.35. The molecule has 2 aromatic heterocycles. The van der Waals surface area contributed by atoms with Crippen LogP contribution in [0.25, 0.3) is 71.7 Å². The van der Waals surface area contributed by atoms with Crippen LogP contribution in [0, 0.1) is 0 Å². The highest BCUT2D eigenvalue weighted by atomic mass is 16.3. The predicted octanol–water partition coefficient (Wildman–Crippen LogP) is 11.8. The SMILES string of the molecule is c1ccc(Nc2ccc(-c3ccc4c(c3)c3c5c(ccc3n4-c3ccccc3)oc3ccccc35)cc2-c2ccccc2)cc1. The molecule has 0 atom stereocenters. The van der Waals surface area contributed by atoms with E-state index in [9.17, 15) is 0 Å². The number of hydrogen-bond acceptors (Lipinski definition) is 2. The fourth-order valence-corrected chi connectivity index (χ4v) is 6.73. The Morgan fingerprint density at radius 1 is 0.444 bits per heavy atom. The van der Waals surface area contributed by atoms with Crippen LogP contribution in [-0.2, 0) is 0 Å². The number of nitrogens with zero attached hydrogens (tertiary/aromatic N) is 1. The van der Waals surface area contributed by atoms with Crippen LogP contribution in [0.1, 0.15) is 0 Å². The van der Waals surface area contributed by atoms with Gasteiger partial charge in [0.15, 0.2) is 0 Å². The second-order valence-electron chi connectivity index (χ2n) is 11.5. The molecular formula is C42H28N2O. The first-order valence-corrected chi connectivity index (χ1v) is 15.3. The number of benzene rings is 7. The van der Waals surface area contributed by atoms with Gasteiger partial charge in [-0.3, -0.25) is 0 Å². The summed E-state index contributed by atoms with van der Waals surface area (Å²) in [6.45, 7) is 0. The topological polar surface area (TPSA) is 30.1 Å². The molecule has 9 rings (SSSR count). The first-order chi connectivity index (χ1) is 22.3. The lowest BCUT2D eigenvalue weighted by molar-refractivity contribution is 0.669. The van der Waals surface area contributed by atoms with Crippen LogP contribution in [0.5, 0.6) is 0 Å². The van der Waals surface area contributed by atoms with E-state index in [0.717, 1.165) is 44.6 Å². The molecule has 0 saturated heterocycles. The largest absolute Gasteiger partial charge is 0.456 e. The molecule has 45 heavy (non-hydrogen) atoms. The minimum absolute atomic E-state index is 0.906. The van der Waals surface area contributed by atoms with Crippen molar-refractivity contribution >= 4 is 55.1 Å². The summed E-state index contributed by atoms with van der Waals surface area (Å²) < 4.78 is 8.72. The Bertz CT molecular complexity index is 2490. The molecule has 9 aromatic rings. The zero-order chi connectivity index (χ0) is 29.7. The molecule has 0 amide bonds. The Kier molecular flexibility index (Phi) is 5.82. The molecule has 3 heteroatoms. The van der Waals surface area contributed by atoms with Gasteiger partial charge in [-0.05, 0) is 83.4 Å². The second kappa shape index (κ2) is 10.3.